The van der Waals surface area contributed by atoms with Crippen molar-refractivity contribution in [3.05, 3.63) is 42.0 Å². The van der Waals surface area contributed by atoms with E-state index in [-0.39, 0.29) is 17.0 Å². The van der Waals surface area contributed by atoms with Crippen LogP contribution in [-0.4, -0.2) is 48.3 Å². The molecule has 2 aliphatic heterocycles. The SMILES string of the molecule is CC(C)(C)NSc1ccc(C(=O)Nc2cccc(NC3(C)COC3)n2)c(N2CCC3(CC2)CC3)c1. The van der Waals surface area contributed by atoms with E-state index in [0.29, 0.717) is 30.0 Å². The van der Waals surface area contributed by atoms with Crippen molar-refractivity contribution in [2.75, 3.05) is 41.8 Å². The maximum Gasteiger partial charge on any atom is 0.258 e. The van der Waals surface area contributed by atoms with Crippen LogP contribution in [0.5, 0.6) is 0 Å². The van der Waals surface area contributed by atoms with Crippen molar-refractivity contribution in [2.45, 2.75) is 69.4 Å². The van der Waals surface area contributed by atoms with Crippen molar-refractivity contribution in [3.63, 3.8) is 0 Å². The zero-order valence-corrected chi connectivity index (χ0v) is 22.1. The smallest absolute Gasteiger partial charge is 0.258 e. The maximum absolute atomic E-state index is 13.5. The first-order valence-electron chi connectivity index (χ1n) is 12.6. The molecular weight excluding hydrogens is 458 g/mol. The van der Waals surface area contributed by atoms with E-state index in [1.54, 1.807) is 11.9 Å². The second kappa shape index (κ2) is 9.30. The Bertz CT molecular complexity index is 1080. The minimum atomic E-state index is -0.130. The molecule has 2 aromatic rings. The molecule has 3 N–H and O–H groups in total. The third-order valence-corrected chi connectivity index (χ3v) is 8.28. The number of nitrogens with one attached hydrogen (secondary N) is 3. The maximum atomic E-state index is 13.5. The fraction of sp³-hybridized carbons (Fsp3) is 0.556. The number of hydrogen-bond donors (Lipinski definition) is 3. The highest BCUT2D eigenvalue weighted by molar-refractivity contribution is 7.97. The number of pyridine rings is 1. The molecule has 8 heteroatoms. The topological polar surface area (TPSA) is 78.5 Å². The van der Waals surface area contributed by atoms with Crippen LogP contribution in [0.4, 0.5) is 17.3 Å². The van der Waals surface area contributed by atoms with Gasteiger partial charge < -0.3 is 20.3 Å². The van der Waals surface area contributed by atoms with Gasteiger partial charge in [-0.3, -0.25) is 9.52 Å². The lowest BCUT2D eigenvalue weighted by Crippen LogP contribution is -2.53. The Kier molecular flexibility index (Phi) is 6.48. The molecule has 1 spiro atoms. The van der Waals surface area contributed by atoms with Gasteiger partial charge >= 0.3 is 0 Å². The molecule has 188 valence electrons. The van der Waals surface area contributed by atoms with Gasteiger partial charge in [0.05, 0.1) is 30.0 Å². The van der Waals surface area contributed by atoms with Crippen LogP contribution in [-0.2, 0) is 4.74 Å². The number of piperidine rings is 1. The molecule has 3 aliphatic rings. The molecule has 0 atom stereocenters. The van der Waals surface area contributed by atoms with E-state index in [1.807, 2.05) is 30.3 Å². The molecule has 35 heavy (non-hydrogen) atoms. The summed E-state index contributed by atoms with van der Waals surface area (Å²) in [6, 6.07) is 11.8. The van der Waals surface area contributed by atoms with E-state index in [2.05, 4.69) is 59.0 Å². The number of hydrogen-bond acceptors (Lipinski definition) is 7. The summed E-state index contributed by atoms with van der Waals surface area (Å²) in [6.45, 7) is 11.9. The zero-order chi connectivity index (χ0) is 24.7. The monoisotopic (exact) mass is 495 g/mol. The summed E-state index contributed by atoms with van der Waals surface area (Å²) in [6.07, 6.45) is 5.15. The highest BCUT2D eigenvalue weighted by atomic mass is 32.2. The van der Waals surface area contributed by atoms with Crippen molar-refractivity contribution < 1.29 is 9.53 Å². The fourth-order valence-electron chi connectivity index (χ4n) is 4.69. The second-order valence-electron chi connectivity index (χ2n) is 11.7. The minimum Gasteiger partial charge on any atom is -0.376 e. The summed E-state index contributed by atoms with van der Waals surface area (Å²) < 4.78 is 8.81. The van der Waals surface area contributed by atoms with Crippen LogP contribution in [0.15, 0.2) is 41.3 Å². The molecule has 2 saturated heterocycles. The van der Waals surface area contributed by atoms with E-state index < -0.39 is 0 Å². The summed E-state index contributed by atoms with van der Waals surface area (Å²) in [5.41, 5.74) is 2.17. The molecule has 1 aromatic heterocycles. The largest absolute Gasteiger partial charge is 0.376 e. The highest BCUT2D eigenvalue weighted by Crippen LogP contribution is 2.54. The molecule has 3 heterocycles. The number of ether oxygens (including phenoxy) is 1. The molecule has 5 rings (SSSR count). The Morgan fingerprint density at radius 1 is 1.06 bits per heavy atom. The third-order valence-electron chi connectivity index (χ3n) is 7.07. The van der Waals surface area contributed by atoms with Gasteiger partial charge in [0.15, 0.2) is 0 Å². The van der Waals surface area contributed by atoms with Crippen molar-refractivity contribution in [2.24, 2.45) is 5.41 Å². The highest BCUT2D eigenvalue weighted by Gasteiger charge is 2.44. The third kappa shape index (κ3) is 5.93. The zero-order valence-electron chi connectivity index (χ0n) is 21.2. The van der Waals surface area contributed by atoms with Gasteiger partial charge in [-0.05, 0) is 101 Å². The molecular formula is C27H37N5O2S. The van der Waals surface area contributed by atoms with Crippen LogP contribution in [0.25, 0.3) is 0 Å². The quantitative estimate of drug-likeness (QED) is 0.449. The molecule has 0 bridgehead atoms. The van der Waals surface area contributed by atoms with Crippen LogP contribution >= 0.6 is 11.9 Å². The average molecular weight is 496 g/mol. The predicted octanol–water partition coefficient (Wildman–Crippen LogP) is 5.31. The summed E-state index contributed by atoms with van der Waals surface area (Å²) in [4.78, 5) is 21.6. The number of rotatable bonds is 7. The number of amides is 1. The molecule has 1 amide bonds. The van der Waals surface area contributed by atoms with Crippen molar-refractivity contribution in [1.29, 1.82) is 0 Å². The lowest BCUT2D eigenvalue weighted by Gasteiger charge is -2.39. The van der Waals surface area contributed by atoms with Crippen LogP contribution in [0.3, 0.4) is 0 Å². The predicted molar refractivity (Wildman–Crippen MR) is 143 cm³/mol. The summed E-state index contributed by atoms with van der Waals surface area (Å²) in [5.74, 6) is 1.15. The van der Waals surface area contributed by atoms with Crippen molar-refractivity contribution >= 4 is 35.2 Å². The van der Waals surface area contributed by atoms with Gasteiger partial charge in [0.2, 0.25) is 0 Å². The second-order valence-corrected chi connectivity index (χ2v) is 12.5. The lowest BCUT2D eigenvalue weighted by molar-refractivity contribution is -0.0320. The number of benzene rings is 1. The number of nitrogens with zero attached hydrogens (tertiary/aromatic N) is 2. The van der Waals surface area contributed by atoms with E-state index in [1.165, 1.54) is 25.7 Å². The molecule has 0 unspecified atom stereocenters. The fourth-order valence-corrected chi connectivity index (χ4v) is 5.42. The van der Waals surface area contributed by atoms with Gasteiger partial charge in [-0.15, -0.1) is 0 Å². The van der Waals surface area contributed by atoms with E-state index in [4.69, 9.17) is 4.74 Å². The van der Waals surface area contributed by atoms with Crippen LogP contribution in [0.2, 0.25) is 0 Å². The van der Waals surface area contributed by atoms with Gasteiger partial charge in [-0.25, -0.2) is 4.98 Å². The molecule has 7 nitrogen and oxygen atoms in total. The van der Waals surface area contributed by atoms with Gasteiger partial charge in [0.25, 0.3) is 5.91 Å². The minimum absolute atomic E-state index is 0.00223. The Morgan fingerprint density at radius 3 is 2.40 bits per heavy atom. The van der Waals surface area contributed by atoms with Crippen LogP contribution in [0, 0.1) is 5.41 Å². The first-order valence-corrected chi connectivity index (χ1v) is 13.4. The number of carbonyl (C=O) groups excluding carboxylic acids is 1. The molecule has 3 fully saturated rings. The van der Waals surface area contributed by atoms with Gasteiger partial charge in [-0.2, -0.15) is 0 Å². The summed E-state index contributed by atoms with van der Waals surface area (Å²) >= 11 is 1.62. The van der Waals surface area contributed by atoms with E-state index in [0.717, 1.165) is 29.5 Å². The number of aromatic nitrogens is 1. The van der Waals surface area contributed by atoms with Gasteiger partial charge in [0, 0.05) is 23.5 Å². The average Bonchev–Trinajstić information content (AvgIpc) is 3.55. The van der Waals surface area contributed by atoms with Crippen LogP contribution < -0.4 is 20.3 Å². The van der Waals surface area contributed by atoms with Crippen molar-refractivity contribution in [1.82, 2.24) is 9.71 Å². The summed E-state index contributed by atoms with van der Waals surface area (Å²) in [5, 5.41) is 6.45. The van der Waals surface area contributed by atoms with Gasteiger partial charge in [-0.1, -0.05) is 6.07 Å². The number of anilines is 3. The van der Waals surface area contributed by atoms with Crippen molar-refractivity contribution in [3.8, 4) is 0 Å². The molecule has 1 saturated carbocycles. The first-order chi connectivity index (χ1) is 16.6. The van der Waals surface area contributed by atoms with Gasteiger partial charge in [0.1, 0.15) is 11.6 Å². The Balaban J connectivity index is 1.35. The molecule has 1 aliphatic carbocycles. The van der Waals surface area contributed by atoms with E-state index in [9.17, 15) is 4.79 Å². The lowest BCUT2D eigenvalue weighted by atomic mass is 9.93. The number of carbonyl (C=O) groups is 1. The van der Waals surface area contributed by atoms with Crippen LogP contribution in [0.1, 0.15) is 63.7 Å². The normalized spacial score (nSPS) is 20.3. The Labute approximate surface area is 212 Å². The Hall–Kier alpha value is -2.29. The standard InChI is InChI=1S/C27H37N5O2S/c1-25(2,3)31-35-19-8-9-20(21(16-19)32-14-12-27(10-11-27)13-15-32)24(33)29-22-6-5-7-23(28-22)30-26(4)17-34-18-26/h5-9,16,31H,10-15,17-18H2,1-4H3,(H2,28,29,30,33). The molecule has 1 aromatic carbocycles. The first kappa shape index (κ1) is 24.4. The molecule has 0 radical (unpaired) electrons. The Morgan fingerprint density at radius 2 is 1.77 bits per heavy atom. The van der Waals surface area contributed by atoms with E-state index >= 15 is 0 Å². The summed E-state index contributed by atoms with van der Waals surface area (Å²) in [7, 11) is 0.